The summed E-state index contributed by atoms with van der Waals surface area (Å²) in [5, 5.41) is 5.32. The molecule has 1 aliphatic heterocycles. The predicted octanol–water partition coefficient (Wildman–Crippen LogP) is 5.55. The molecule has 1 aromatic heterocycles. The van der Waals surface area contributed by atoms with E-state index in [1.807, 2.05) is 24.4 Å². The summed E-state index contributed by atoms with van der Waals surface area (Å²) in [7, 11) is 0. The Hall–Kier alpha value is -2.38. The number of carbonyl (C=O) groups excluding carboxylic acids is 2. The van der Waals surface area contributed by atoms with Crippen LogP contribution in [0.4, 0.5) is 4.39 Å². The van der Waals surface area contributed by atoms with E-state index in [-0.39, 0.29) is 18.3 Å². The first kappa shape index (κ1) is 22.8. The molecule has 2 atom stereocenters. The topological polar surface area (TPSA) is 55.4 Å². The van der Waals surface area contributed by atoms with E-state index in [0.29, 0.717) is 41.0 Å². The number of halogens is 1. The van der Waals surface area contributed by atoms with Crippen LogP contribution in [0.2, 0.25) is 0 Å². The number of esters is 1. The monoisotopic (exact) mass is 471 g/mol. The number of hydrogen-bond acceptors (Lipinski definition) is 6. The third kappa shape index (κ3) is 4.55. The van der Waals surface area contributed by atoms with Gasteiger partial charge in [-0.05, 0) is 36.6 Å². The zero-order chi connectivity index (χ0) is 22.7. The maximum atomic E-state index is 14.9. The van der Waals surface area contributed by atoms with Crippen LogP contribution in [-0.4, -0.2) is 29.9 Å². The van der Waals surface area contributed by atoms with Gasteiger partial charge in [-0.2, -0.15) is 11.8 Å². The summed E-state index contributed by atoms with van der Waals surface area (Å²) in [5.74, 6) is -0.0298. The van der Waals surface area contributed by atoms with Gasteiger partial charge in [0.1, 0.15) is 12.4 Å². The Morgan fingerprint density at radius 2 is 2.06 bits per heavy atom. The Labute approximate surface area is 195 Å². The molecule has 0 saturated heterocycles. The van der Waals surface area contributed by atoms with Crippen LogP contribution in [0.5, 0.6) is 0 Å². The highest BCUT2D eigenvalue weighted by atomic mass is 32.2. The van der Waals surface area contributed by atoms with E-state index in [9.17, 15) is 14.0 Å². The van der Waals surface area contributed by atoms with Crippen LogP contribution in [0.3, 0.4) is 0 Å². The van der Waals surface area contributed by atoms with E-state index in [0.717, 1.165) is 16.3 Å². The molecule has 2 aromatic rings. The van der Waals surface area contributed by atoms with Gasteiger partial charge in [0.15, 0.2) is 5.78 Å². The largest absolute Gasteiger partial charge is 0.461 e. The summed E-state index contributed by atoms with van der Waals surface area (Å²) in [6, 6.07) is 10.4. The van der Waals surface area contributed by atoms with Gasteiger partial charge in [-0.15, -0.1) is 11.3 Å². The van der Waals surface area contributed by atoms with Gasteiger partial charge in [0.05, 0.1) is 11.5 Å². The summed E-state index contributed by atoms with van der Waals surface area (Å²) < 4.78 is 20.5. The first-order valence-corrected chi connectivity index (χ1v) is 12.8. The van der Waals surface area contributed by atoms with E-state index in [1.165, 1.54) is 6.07 Å². The molecule has 4 rings (SSSR count). The highest BCUT2D eigenvalue weighted by molar-refractivity contribution is 7.99. The molecule has 1 aromatic carbocycles. The fourth-order valence-electron chi connectivity index (χ4n) is 4.47. The third-order valence-corrected chi connectivity index (χ3v) is 7.77. The highest BCUT2D eigenvalue weighted by Crippen LogP contribution is 2.46. The van der Waals surface area contributed by atoms with Crippen molar-refractivity contribution in [3.63, 3.8) is 0 Å². The van der Waals surface area contributed by atoms with Gasteiger partial charge >= 0.3 is 5.97 Å². The number of rotatable bonds is 7. The minimum atomic E-state index is -0.768. The van der Waals surface area contributed by atoms with Gasteiger partial charge in [-0.1, -0.05) is 31.2 Å². The fraction of sp³-hybridized carbons (Fsp3) is 0.360. The third-order valence-electron chi connectivity index (χ3n) is 5.87. The average molecular weight is 472 g/mol. The molecule has 0 saturated carbocycles. The Morgan fingerprint density at radius 1 is 1.25 bits per heavy atom. The lowest BCUT2D eigenvalue weighted by Crippen LogP contribution is -2.36. The second kappa shape index (κ2) is 10.0. The van der Waals surface area contributed by atoms with E-state index >= 15 is 0 Å². The number of thioether (sulfide) groups is 1. The summed E-state index contributed by atoms with van der Waals surface area (Å²) in [6.07, 6.45) is 1.000. The standard InChI is InChI=1S/C25H26FNO3S2/c1-3-31-12-10-30-25(29)22-15(2)27-19-13-16(21-9-6-11-32-21)14-20(28)24(19)23(22)17-7-4-5-8-18(17)26/h4-9,11,16,23,27H,3,10,12-14H2,1-2H3/t16-,23+/m0/s1. The van der Waals surface area contributed by atoms with E-state index < -0.39 is 17.7 Å². The zero-order valence-corrected chi connectivity index (χ0v) is 19.8. The van der Waals surface area contributed by atoms with Gasteiger partial charge in [-0.25, -0.2) is 9.18 Å². The van der Waals surface area contributed by atoms with Crippen molar-refractivity contribution in [3.8, 4) is 0 Å². The van der Waals surface area contributed by atoms with Crippen LogP contribution in [0.15, 0.2) is 64.3 Å². The molecule has 0 unspecified atom stereocenters. The maximum Gasteiger partial charge on any atom is 0.336 e. The molecule has 0 amide bonds. The van der Waals surface area contributed by atoms with Crippen LogP contribution in [-0.2, 0) is 14.3 Å². The number of benzene rings is 1. The number of allylic oxidation sites excluding steroid dienone is 3. The average Bonchev–Trinajstić information content (AvgIpc) is 3.31. The molecule has 32 heavy (non-hydrogen) atoms. The number of ether oxygens (including phenoxy) is 1. The maximum absolute atomic E-state index is 14.9. The number of thiophene rings is 1. The minimum Gasteiger partial charge on any atom is -0.461 e. The van der Waals surface area contributed by atoms with Crippen molar-refractivity contribution in [1.29, 1.82) is 0 Å². The normalized spacial score (nSPS) is 20.8. The van der Waals surface area contributed by atoms with Crippen LogP contribution < -0.4 is 5.32 Å². The number of hydrogen-bond donors (Lipinski definition) is 1. The lowest BCUT2D eigenvalue weighted by molar-refractivity contribution is -0.138. The zero-order valence-electron chi connectivity index (χ0n) is 18.2. The molecular weight excluding hydrogens is 445 g/mol. The first-order chi connectivity index (χ1) is 15.5. The van der Waals surface area contributed by atoms with Crippen molar-refractivity contribution in [2.45, 2.75) is 38.5 Å². The molecular formula is C25H26FNO3S2. The molecule has 0 bridgehead atoms. The molecule has 0 fully saturated rings. The van der Waals surface area contributed by atoms with E-state index in [4.69, 9.17) is 4.74 Å². The summed E-state index contributed by atoms with van der Waals surface area (Å²) in [6.45, 7) is 4.12. The van der Waals surface area contributed by atoms with Crippen molar-refractivity contribution in [2.24, 2.45) is 0 Å². The van der Waals surface area contributed by atoms with Crippen molar-refractivity contribution < 1.29 is 18.7 Å². The Balaban J connectivity index is 1.73. The lowest BCUT2D eigenvalue weighted by Gasteiger charge is -2.36. The fourth-order valence-corrected chi connectivity index (χ4v) is 5.79. The van der Waals surface area contributed by atoms with Gasteiger partial charge in [0.25, 0.3) is 0 Å². The number of ketones is 1. The Morgan fingerprint density at radius 3 is 2.78 bits per heavy atom. The minimum absolute atomic E-state index is 0.0512. The van der Waals surface area contributed by atoms with Crippen LogP contribution in [0.25, 0.3) is 0 Å². The van der Waals surface area contributed by atoms with Gasteiger partial charge in [0, 0.05) is 45.5 Å². The smallest absolute Gasteiger partial charge is 0.336 e. The predicted molar refractivity (Wildman–Crippen MR) is 127 cm³/mol. The number of nitrogens with one attached hydrogen (secondary N) is 1. The lowest BCUT2D eigenvalue weighted by atomic mass is 9.72. The summed E-state index contributed by atoms with van der Waals surface area (Å²) in [5.41, 5.74) is 2.54. The molecule has 2 aliphatic rings. The Bertz CT molecular complexity index is 1070. The van der Waals surface area contributed by atoms with E-state index in [1.54, 1.807) is 48.2 Å². The number of dihydropyridines is 1. The molecule has 0 radical (unpaired) electrons. The van der Waals surface area contributed by atoms with Crippen LogP contribution >= 0.6 is 23.1 Å². The SMILES string of the molecule is CCSCCOC(=O)C1=C(C)NC2=C(C(=O)C[C@@H](c3cccs3)C2)[C@@H]1c1ccccc1F. The molecule has 1 N–H and O–H groups in total. The molecule has 7 heteroatoms. The Kier molecular flexibility index (Phi) is 7.16. The quantitative estimate of drug-likeness (QED) is 0.424. The van der Waals surface area contributed by atoms with Crippen molar-refractivity contribution in [2.75, 3.05) is 18.1 Å². The number of carbonyl (C=O) groups is 2. The molecule has 0 spiro atoms. The van der Waals surface area contributed by atoms with Crippen molar-refractivity contribution >= 4 is 34.9 Å². The molecule has 2 heterocycles. The molecule has 168 valence electrons. The number of Topliss-reactive ketones (excluding diaryl/α,β-unsaturated/α-hetero) is 1. The summed E-state index contributed by atoms with van der Waals surface area (Å²) in [4.78, 5) is 27.7. The molecule has 4 nitrogen and oxygen atoms in total. The highest BCUT2D eigenvalue weighted by Gasteiger charge is 2.42. The van der Waals surface area contributed by atoms with Gasteiger partial charge in [0.2, 0.25) is 0 Å². The van der Waals surface area contributed by atoms with Crippen molar-refractivity contribution in [3.05, 3.63) is 80.6 Å². The summed E-state index contributed by atoms with van der Waals surface area (Å²) >= 11 is 3.32. The van der Waals surface area contributed by atoms with Gasteiger partial charge < -0.3 is 10.1 Å². The second-order valence-corrected chi connectivity index (χ2v) is 10.3. The van der Waals surface area contributed by atoms with Crippen LogP contribution in [0.1, 0.15) is 49.0 Å². The van der Waals surface area contributed by atoms with Gasteiger partial charge in [-0.3, -0.25) is 4.79 Å². The van der Waals surface area contributed by atoms with Crippen molar-refractivity contribution in [1.82, 2.24) is 5.32 Å². The molecule has 1 aliphatic carbocycles. The first-order valence-electron chi connectivity index (χ1n) is 10.8. The second-order valence-electron chi connectivity index (χ2n) is 7.89. The van der Waals surface area contributed by atoms with Crippen LogP contribution in [0, 0.1) is 5.82 Å². The van der Waals surface area contributed by atoms with E-state index in [2.05, 4.69) is 5.32 Å².